The predicted molar refractivity (Wildman–Crippen MR) is 135 cm³/mol. The number of carbonyl (C=O) groups excluding carboxylic acids is 3. The van der Waals surface area contributed by atoms with Crippen molar-refractivity contribution in [1.82, 2.24) is 15.4 Å². The highest BCUT2D eigenvalue weighted by molar-refractivity contribution is 7.80. The molecule has 11 heteroatoms. The molecular formula is C24H20ClN5O4S. The minimum atomic E-state index is -1.07. The van der Waals surface area contributed by atoms with Gasteiger partial charge >= 0.3 is 0 Å². The van der Waals surface area contributed by atoms with Crippen molar-refractivity contribution >= 4 is 58.0 Å². The molecule has 0 aliphatic carbocycles. The lowest BCUT2D eigenvalue weighted by Crippen LogP contribution is -2.49. The van der Waals surface area contributed by atoms with E-state index in [1.807, 2.05) is 0 Å². The largest absolute Gasteiger partial charge is 0.497 e. The number of hydrogen-bond donors (Lipinski definition) is 2. The Morgan fingerprint density at radius 3 is 2.34 bits per heavy atom. The minimum absolute atomic E-state index is 0.0296. The lowest BCUT2D eigenvalue weighted by Gasteiger charge is -2.24. The Hall–Kier alpha value is -4.02. The van der Waals surface area contributed by atoms with E-state index < -0.39 is 23.8 Å². The number of thiocarbonyl (C=S) groups is 1. The summed E-state index contributed by atoms with van der Waals surface area (Å²) in [4.78, 5) is 44.2. The van der Waals surface area contributed by atoms with Gasteiger partial charge in [-0.15, -0.1) is 0 Å². The van der Waals surface area contributed by atoms with Crippen molar-refractivity contribution in [1.29, 1.82) is 0 Å². The summed E-state index contributed by atoms with van der Waals surface area (Å²) in [7, 11) is 1.55. The Bertz CT molecular complexity index is 1260. The van der Waals surface area contributed by atoms with E-state index in [9.17, 15) is 14.4 Å². The van der Waals surface area contributed by atoms with E-state index in [4.69, 9.17) is 28.6 Å². The second-order valence-electron chi connectivity index (χ2n) is 7.48. The number of hydrazine groups is 1. The van der Waals surface area contributed by atoms with E-state index >= 15 is 0 Å². The van der Waals surface area contributed by atoms with Crippen molar-refractivity contribution < 1.29 is 19.1 Å². The van der Waals surface area contributed by atoms with Gasteiger partial charge in [0.2, 0.25) is 11.0 Å². The van der Waals surface area contributed by atoms with Crippen LogP contribution >= 0.6 is 23.8 Å². The van der Waals surface area contributed by atoms with Crippen LogP contribution in [0.5, 0.6) is 5.75 Å². The van der Waals surface area contributed by atoms with Crippen LogP contribution in [-0.2, 0) is 9.59 Å². The molecule has 9 nitrogen and oxygen atoms in total. The molecule has 1 aliphatic heterocycles. The standard InChI is InChI=1S/C24H20ClN5O4S/c1-34-19-8-4-17(5-9-19)27-21(31)14-20-23(33)29(18-6-2-16(25)3-7-18)24(35)30(20)28-22(32)15-10-12-26-13-11-15/h2-13,20H,14H2,1H3,(H,27,31)(H,28,32). The van der Waals surface area contributed by atoms with Gasteiger partial charge < -0.3 is 10.1 Å². The molecule has 1 aromatic heterocycles. The summed E-state index contributed by atoms with van der Waals surface area (Å²) in [6.07, 6.45) is 2.69. The zero-order valence-corrected chi connectivity index (χ0v) is 20.0. The first-order valence-corrected chi connectivity index (χ1v) is 11.2. The number of methoxy groups -OCH3 is 1. The fourth-order valence-corrected chi connectivity index (χ4v) is 3.96. The van der Waals surface area contributed by atoms with E-state index in [1.165, 1.54) is 34.4 Å². The smallest absolute Gasteiger partial charge is 0.269 e. The zero-order valence-electron chi connectivity index (χ0n) is 18.5. The highest BCUT2D eigenvalue weighted by atomic mass is 35.5. The predicted octanol–water partition coefficient (Wildman–Crippen LogP) is 3.42. The van der Waals surface area contributed by atoms with Crippen LogP contribution in [0.2, 0.25) is 5.02 Å². The Morgan fingerprint density at radius 2 is 1.71 bits per heavy atom. The molecule has 1 aliphatic rings. The maximum Gasteiger partial charge on any atom is 0.269 e. The normalized spacial score (nSPS) is 15.2. The van der Waals surface area contributed by atoms with Gasteiger partial charge in [-0.05, 0) is 72.9 Å². The third-order valence-corrected chi connectivity index (χ3v) is 5.85. The second-order valence-corrected chi connectivity index (χ2v) is 8.28. The van der Waals surface area contributed by atoms with Crippen LogP contribution < -0.4 is 20.4 Å². The van der Waals surface area contributed by atoms with Gasteiger partial charge in [-0.3, -0.25) is 29.7 Å². The number of carbonyl (C=O) groups is 3. The summed E-state index contributed by atoms with van der Waals surface area (Å²) in [6, 6.07) is 15.3. The number of anilines is 2. The van der Waals surface area contributed by atoms with Gasteiger partial charge in [0.05, 0.1) is 19.2 Å². The summed E-state index contributed by atoms with van der Waals surface area (Å²) in [5.74, 6) is -0.751. The SMILES string of the molecule is COc1ccc(NC(=O)CC2C(=O)N(c3ccc(Cl)cc3)C(=S)N2NC(=O)c2ccncc2)cc1. The summed E-state index contributed by atoms with van der Waals surface area (Å²) in [5, 5.41) is 4.51. The van der Waals surface area contributed by atoms with Crippen LogP contribution in [0.15, 0.2) is 73.1 Å². The van der Waals surface area contributed by atoms with Crippen molar-refractivity contribution in [3.8, 4) is 5.75 Å². The molecule has 0 radical (unpaired) electrons. The van der Waals surface area contributed by atoms with Crippen molar-refractivity contribution in [2.45, 2.75) is 12.5 Å². The van der Waals surface area contributed by atoms with Crippen molar-refractivity contribution in [2.75, 3.05) is 17.3 Å². The quantitative estimate of drug-likeness (QED) is 0.470. The summed E-state index contributed by atoms with van der Waals surface area (Å²) in [6.45, 7) is 0. The van der Waals surface area contributed by atoms with Crippen LogP contribution in [0.4, 0.5) is 11.4 Å². The molecule has 3 amide bonds. The molecule has 1 atom stereocenters. The van der Waals surface area contributed by atoms with Gasteiger partial charge in [0.25, 0.3) is 11.8 Å². The fraction of sp³-hybridized carbons (Fsp3) is 0.125. The van der Waals surface area contributed by atoms with E-state index in [0.29, 0.717) is 27.7 Å². The lowest BCUT2D eigenvalue weighted by molar-refractivity contribution is -0.124. The topological polar surface area (TPSA) is 104 Å². The number of benzene rings is 2. The molecule has 35 heavy (non-hydrogen) atoms. The number of nitrogens with zero attached hydrogens (tertiary/aromatic N) is 3. The van der Waals surface area contributed by atoms with Crippen LogP contribution in [-0.4, -0.2) is 46.0 Å². The van der Waals surface area contributed by atoms with Gasteiger partial charge in [-0.2, -0.15) is 0 Å². The molecule has 0 spiro atoms. The number of pyridine rings is 1. The minimum Gasteiger partial charge on any atom is -0.497 e. The average Bonchev–Trinajstić information content (AvgIpc) is 3.09. The maximum absolute atomic E-state index is 13.4. The van der Waals surface area contributed by atoms with E-state index in [0.717, 1.165) is 0 Å². The Morgan fingerprint density at radius 1 is 1.06 bits per heavy atom. The summed E-state index contributed by atoms with van der Waals surface area (Å²) >= 11 is 11.5. The molecule has 178 valence electrons. The van der Waals surface area contributed by atoms with Gasteiger partial charge in [-0.1, -0.05) is 11.6 Å². The molecule has 2 N–H and O–H groups in total. The third-order valence-electron chi connectivity index (χ3n) is 5.22. The zero-order chi connectivity index (χ0) is 24.9. The number of rotatable bonds is 7. The molecule has 0 bridgehead atoms. The first kappa shape index (κ1) is 24.1. The Balaban J connectivity index is 1.57. The van der Waals surface area contributed by atoms with Crippen molar-refractivity contribution in [3.63, 3.8) is 0 Å². The number of aromatic nitrogens is 1. The van der Waals surface area contributed by atoms with Crippen molar-refractivity contribution in [2.24, 2.45) is 0 Å². The maximum atomic E-state index is 13.4. The molecule has 4 rings (SSSR count). The summed E-state index contributed by atoms with van der Waals surface area (Å²) < 4.78 is 5.12. The molecule has 1 saturated heterocycles. The van der Waals surface area contributed by atoms with Gasteiger partial charge in [0, 0.05) is 28.7 Å². The van der Waals surface area contributed by atoms with E-state index in [1.54, 1.807) is 55.6 Å². The Kier molecular flexibility index (Phi) is 7.23. The van der Waals surface area contributed by atoms with E-state index in [-0.39, 0.29) is 11.5 Å². The van der Waals surface area contributed by atoms with Gasteiger partial charge in [0.1, 0.15) is 11.8 Å². The second kappa shape index (κ2) is 10.5. The molecule has 0 saturated carbocycles. The highest BCUT2D eigenvalue weighted by Crippen LogP contribution is 2.27. The molecule has 1 fully saturated rings. The van der Waals surface area contributed by atoms with Crippen LogP contribution in [0, 0.1) is 0 Å². The molecule has 1 unspecified atom stereocenters. The number of halogens is 1. The van der Waals surface area contributed by atoms with Crippen LogP contribution in [0.25, 0.3) is 0 Å². The first-order valence-electron chi connectivity index (χ1n) is 10.4. The van der Waals surface area contributed by atoms with Crippen molar-refractivity contribution in [3.05, 3.63) is 83.6 Å². The lowest BCUT2D eigenvalue weighted by atomic mass is 10.1. The Labute approximate surface area is 211 Å². The average molecular weight is 510 g/mol. The number of hydrogen-bond acceptors (Lipinski definition) is 6. The molecule has 3 aromatic rings. The number of ether oxygens (including phenoxy) is 1. The monoisotopic (exact) mass is 509 g/mol. The fourth-order valence-electron chi connectivity index (χ4n) is 3.47. The van der Waals surface area contributed by atoms with E-state index in [2.05, 4.69) is 15.7 Å². The van der Waals surface area contributed by atoms with Crippen LogP contribution in [0.3, 0.4) is 0 Å². The summed E-state index contributed by atoms with van der Waals surface area (Å²) in [5.41, 5.74) is 3.98. The molecule has 2 heterocycles. The number of nitrogens with one attached hydrogen (secondary N) is 2. The third kappa shape index (κ3) is 5.39. The molecular weight excluding hydrogens is 490 g/mol. The molecule has 2 aromatic carbocycles. The number of amides is 3. The van der Waals surface area contributed by atoms with Gasteiger partial charge in [-0.25, -0.2) is 5.01 Å². The van der Waals surface area contributed by atoms with Gasteiger partial charge in [0.15, 0.2) is 0 Å². The highest BCUT2D eigenvalue weighted by Gasteiger charge is 2.45. The van der Waals surface area contributed by atoms with Crippen LogP contribution in [0.1, 0.15) is 16.8 Å². The first-order chi connectivity index (χ1) is 16.9.